The van der Waals surface area contributed by atoms with Gasteiger partial charge in [0.05, 0.1) is 11.1 Å². The van der Waals surface area contributed by atoms with Crippen LogP contribution in [0.5, 0.6) is 0 Å². The van der Waals surface area contributed by atoms with Crippen LogP contribution in [-0.4, -0.2) is 42.5 Å². The van der Waals surface area contributed by atoms with Crippen LogP contribution in [0.15, 0.2) is 0 Å². The predicted octanol–water partition coefficient (Wildman–Crippen LogP) is 0.752. The molecule has 0 aromatic carbocycles. The van der Waals surface area contributed by atoms with Crippen molar-refractivity contribution in [3.63, 3.8) is 0 Å². The minimum atomic E-state index is -3.97. The van der Waals surface area contributed by atoms with Crippen LogP contribution in [0, 0.1) is 0 Å². The van der Waals surface area contributed by atoms with Gasteiger partial charge in [-0.25, -0.2) is 9.52 Å². The van der Waals surface area contributed by atoms with Gasteiger partial charge >= 0.3 is 16.3 Å². The zero-order valence-electron chi connectivity index (χ0n) is 11.5. The van der Waals surface area contributed by atoms with E-state index in [0.29, 0.717) is 0 Å². The molecule has 19 heavy (non-hydrogen) atoms. The first kappa shape index (κ1) is 18.1. The molecule has 0 unspecified atom stereocenters. The standard InChI is InChI=1S/C10H21N3O4S2/c1-7(2)13(6-5-9(11)18)19(15,16)12-10(14)17-8(3)4/h7-8H,5-6H2,1-4H3,(H2,11,18)(H,12,14). The summed E-state index contributed by atoms with van der Waals surface area (Å²) in [5.74, 6) is 0. The normalized spacial score (nSPS) is 11.9. The molecule has 0 fully saturated rings. The van der Waals surface area contributed by atoms with E-state index in [1.54, 1.807) is 27.7 Å². The Morgan fingerprint density at radius 1 is 1.37 bits per heavy atom. The Balaban J connectivity index is 4.80. The molecule has 3 N–H and O–H groups in total. The summed E-state index contributed by atoms with van der Waals surface area (Å²) in [4.78, 5) is 11.6. The monoisotopic (exact) mass is 311 g/mol. The van der Waals surface area contributed by atoms with Crippen LogP contribution in [0.3, 0.4) is 0 Å². The topological polar surface area (TPSA) is 102 Å². The third-order valence-corrected chi connectivity index (χ3v) is 3.87. The Bertz CT molecular complexity index is 420. The average molecular weight is 311 g/mol. The number of carbonyl (C=O) groups excluding carboxylic acids is 1. The molecule has 0 radical (unpaired) electrons. The van der Waals surface area contributed by atoms with E-state index >= 15 is 0 Å². The largest absolute Gasteiger partial charge is 0.446 e. The van der Waals surface area contributed by atoms with Crippen LogP contribution in [0.2, 0.25) is 0 Å². The van der Waals surface area contributed by atoms with Crippen molar-refractivity contribution in [1.82, 2.24) is 9.03 Å². The molecule has 0 rings (SSSR count). The first-order valence-corrected chi connectivity index (χ1v) is 7.69. The van der Waals surface area contributed by atoms with Crippen LogP contribution in [0.25, 0.3) is 0 Å². The van der Waals surface area contributed by atoms with E-state index < -0.39 is 22.4 Å². The van der Waals surface area contributed by atoms with Gasteiger partial charge < -0.3 is 10.5 Å². The number of nitrogens with two attached hydrogens (primary N) is 1. The highest BCUT2D eigenvalue weighted by Crippen LogP contribution is 2.07. The van der Waals surface area contributed by atoms with E-state index in [1.165, 1.54) is 0 Å². The second-order valence-corrected chi connectivity index (χ2v) is 6.63. The van der Waals surface area contributed by atoms with Gasteiger partial charge in [0.15, 0.2) is 0 Å². The summed E-state index contributed by atoms with van der Waals surface area (Å²) in [6.07, 6.45) is -1.16. The molecular formula is C10H21N3O4S2. The third-order valence-electron chi connectivity index (χ3n) is 2.02. The van der Waals surface area contributed by atoms with Gasteiger partial charge in [-0.05, 0) is 27.7 Å². The molecule has 9 heteroatoms. The summed E-state index contributed by atoms with van der Waals surface area (Å²) >= 11 is 4.71. The lowest BCUT2D eigenvalue weighted by atomic mass is 10.3. The second-order valence-electron chi connectivity index (χ2n) is 4.48. The Hall–Kier alpha value is -0.930. The number of carbonyl (C=O) groups is 1. The molecule has 0 heterocycles. The quantitative estimate of drug-likeness (QED) is 0.673. The zero-order valence-corrected chi connectivity index (χ0v) is 13.2. The lowest BCUT2D eigenvalue weighted by Gasteiger charge is -2.25. The summed E-state index contributed by atoms with van der Waals surface area (Å²) in [6, 6.07) is -0.335. The highest BCUT2D eigenvalue weighted by molar-refractivity contribution is 7.87. The molecule has 0 aromatic heterocycles. The first-order valence-electron chi connectivity index (χ1n) is 5.84. The number of hydrogen-bond donors (Lipinski definition) is 2. The highest BCUT2D eigenvalue weighted by Gasteiger charge is 2.27. The summed E-state index contributed by atoms with van der Waals surface area (Å²) in [5, 5.41) is 0. The highest BCUT2D eigenvalue weighted by atomic mass is 32.2. The van der Waals surface area contributed by atoms with Gasteiger partial charge in [-0.2, -0.15) is 12.7 Å². The van der Waals surface area contributed by atoms with Crippen LogP contribution in [0.4, 0.5) is 4.79 Å². The number of amides is 1. The molecule has 0 atom stereocenters. The van der Waals surface area contributed by atoms with E-state index in [2.05, 4.69) is 0 Å². The van der Waals surface area contributed by atoms with Gasteiger partial charge in [0, 0.05) is 19.0 Å². The fourth-order valence-corrected chi connectivity index (χ4v) is 2.63. The van der Waals surface area contributed by atoms with Crippen LogP contribution in [0.1, 0.15) is 34.1 Å². The third kappa shape index (κ3) is 7.28. The summed E-state index contributed by atoms with van der Waals surface area (Å²) < 4.78 is 31.7. The second kappa shape index (κ2) is 7.61. The van der Waals surface area contributed by atoms with Crippen molar-refractivity contribution in [1.29, 1.82) is 0 Å². The van der Waals surface area contributed by atoms with Gasteiger partial charge in [-0.1, -0.05) is 12.2 Å². The van der Waals surface area contributed by atoms with E-state index in [9.17, 15) is 13.2 Å². The van der Waals surface area contributed by atoms with Crippen molar-refractivity contribution < 1.29 is 17.9 Å². The SMILES string of the molecule is CC(C)OC(=O)NS(=O)(=O)N(CCC(N)=S)C(C)C. The number of ether oxygens (including phenoxy) is 1. The van der Waals surface area contributed by atoms with Gasteiger partial charge in [-0.3, -0.25) is 0 Å². The molecule has 0 spiro atoms. The van der Waals surface area contributed by atoms with Crippen LogP contribution >= 0.6 is 12.2 Å². The zero-order chi connectivity index (χ0) is 15.2. The Labute approximate surface area is 119 Å². The first-order chi connectivity index (χ1) is 8.56. The van der Waals surface area contributed by atoms with Gasteiger partial charge in [0.1, 0.15) is 0 Å². The molecule has 7 nitrogen and oxygen atoms in total. The molecule has 0 aromatic rings. The van der Waals surface area contributed by atoms with E-state index in [0.717, 1.165) is 4.31 Å². The number of hydrogen-bond acceptors (Lipinski definition) is 5. The summed E-state index contributed by atoms with van der Waals surface area (Å²) in [7, 11) is -3.97. The van der Waals surface area contributed by atoms with E-state index in [1.807, 2.05) is 4.72 Å². The van der Waals surface area contributed by atoms with Crippen molar-refractivity contribution >= 4 is 33.5 Å². The predicted molar refractivity (Wildman–Crippen MR) is 76.9 cm³/mol. The molecule has 0 saturated heterocycles. The van der Waals surface area contributed by atoms with E-state index in [4.69, 9.17) is 22.7 Å². The van der Waals surface area contributed by atoms with Crippen molar-refractivity contribution in [3.05, 3.63) is 0 Å². The van der Waals surface area contributed by atoms with Crippen LogP contribution in [-0.2, 0) is 14.9 Å². The molecule has 0 aliphatic carbocycles. The van der Waals surface area contributed by atoms with Crippen molar-refractivity contribution in [2.45, 2.75) is 46.3 Å². The Kier molecular flexibility index (Phi) is 7.24. The molecule has 0 aliphatic heterocycles. The maximum absolute atomic E-state index is 12.0. The van der Waals surface area contributed by atoms with Crippen molar-refractivity contribution in [2.24, 2.45) is 5.73 Å². The van der Waals surface area contributed by atoms with Crippen molar-refractivity contribution in [2.75, 3.05) is 6.54 Å². The van der Waals surface area contributed by atoms with Crippen LogP contribution < -0.4 is 10.5 Å². The summed E-state index contributed by atoms with van der Waals surface area (Å²) in [5.41, 5.74) is 5.35. The molecular weight excluding hydrogens is 290 g/mol. The van der Waals surface area contributed by atoms with Gasteiger partial charge in [0.25, 0.3) is 0 Å². The molecule has 1 amide bonds. The lowest BCUT2D eigenvalue weighted by Crippen LogP contribution is -2.48. The van der Waals surface area contributed by atoms with Crippen molar-refractivity contribution in [3.8, 4) is 0 Å². The molecule has 0 saturated carbocycles. The van der Waals surface area contributed by atoms with E-state index in [-0.39, 0.29) is 24.0 Å². The lowest BCUT2D eigenvalue weighted by molar-refractivity contribution is 0.121. The minimum absolute atomic E-state index is 0.108. The Morgan fingerprint density at radius 2 is 1.89 bits per heavy atom. The molecule has 112 valence electrons. The van der Waals surface area contributed by atoms with Gasteiger partial charge in [0.2, 0.25) is 0 Å². The number of nitrogens with one attached hydrogen (secondary N) is 1. The number of nitrogens with zero attached hydrogens (tertiary/aromatic N) is 1. The van der Waals surface area contributed by atoms with Gasteiger partial charge in [-0.15, -0.1) is 0 Å². The number of rotatable bonds is 7. The fraction of sp³-hybridized carbons (Fsp3) is 0.800. The fourth-order valence-electron chi connectivity index (χ4n) is 1.28. The molecule has 0 aliphatic rings. The average Bonchev–Trinajstić information content (AvgIpc) is 2.12. The maximum atomic E-state index is 12.0. The molecule has 0 bridgehead atoms. The summed E-state index contributed by atoms with van der Waals surface area (Å²) in [6.45, 7) is 6.73. The Morgan fingerprint density at radius 3 is 2.26 bits per heavy atom. The number of thiocarbonyl (C=S) groups is 1. The smallest absolute Gasteiger partial charge is 0.422 e. The minimum Gasteiger partial charge on any atom is -0.446 e. The maximum Gasteiger partial charge on any atom is 0.422 e.